The van der Waals surface area contributed by atoms with Crippen molar-refractivity contribution in [2.75, 3.05) is 24.5 Å². The monoisotopic (exact) mass is 238 g/mol. The Labute approximate surface area is 100 Å². The van der Waals surface area contributed by atoms with Crippen LogP contribution < -0.4 is 10.2 Å². The lowest BCUT2D eigenvalue weighted by atomic mass is 10.1. The highest BCUT2D eigenvalue weighted by atomic mass is 35.5. The third kappa shape index (κ3) is 2.36. The summed E-state index contributed by atoms with van der Waals surface area (Å²) in [4.78, 5) is 13.7. The average Bonchev–Trinajstić information content (AvgIpc) is 2.44. The van der Waals surface area contributed by atoms with Crippen LogP contribution in [0.3, 0.4) is 0 Å². The normalized spacial score (nSPS) is 17.4. The maximum absolute atomic E-state index is 11.9. The summed E-state index contributed by atoms with van der Waals surface area (Å²) in [6.07, 6.45) is 0.980. The molecule has 0 saturated carbocycles. The van der Waals surface area contributed by atoms with Gasteiger partial charge in [0.25, 0.3) is 0 Å². The lowest BCUT2D eigenvalue weighted by molar-refractivity contribution is -0.117. The highest BCUT2D eigenvalue weighted by Gasteiger charge is 2.19. The average molecular weight is 239 g/mol. The highest BCUT2D eigenvalue weighted by Crippen LogP contribution is 2.24. The van der Waals surface area contributed by atoms with Crippen molar-refractivity contribution < 1.29 is 4.79 Å². The molecule has 1 aliphatic heterocycles. The minimum Gasteiger partial charge on any atom is -0.311 e. The van der Waals surface area contributed by atoms with E-state index in [0.717, 1.165) is 30.8 Å². The summed E-state index contributed by atoms with van der Waals surface area (Å²) < 4.78 is 0. The summed E-state index contributed by atoms with van der Waals surface area (Å²) in [5.41, 5.74) is 2.01. The van der Waals surface area contributed by atoms with E-state index in [1.807, 2.05) is 30.0 Å². The zero-order valence-electron chi connectivity index (χ0n) is 9.29. The summed E-state index contributed by atoms with van der Waals surface area (Å²) in [5, 5.41) is 3.82. The first kappa shape index (κ1) is 11.4. The maximum Gasteiger partial charge on any atom is 0.240 e. The molecule has 1 aliphatic rings. The van der Waals surface area contributed by atoms with Gasteiger partial charge in [0.2, 0.25) is 5.91 Å². The van der Waals surface area contributed by atoms with E-state index in [9.17, 15) is 4.79 Å². The summed E-state index contributed by atoms with van der Waals surface area (Å²) in [5.74, 6) is 0.128. The molecular formula is C12H15ClN2O. The van der Waals surface area contributed by atoms with Gasteiger partial charge in [-0.2, -0.15) is 0 Å². The Morgan fingerprint density at radius 3 is 3.00 bits per heavy atom. The van der Waals surface area contributed by atoms with Gasteiger partial charge in [0.1, 0.15) is 0 Å². The van der Waals surface area contributed by atoms with Crippen molar-refractivity contribution in [1.82, 2.24) is 5.32 Å². The molecular weight excluding hydrogens is 224 g/mol. The lowest BCUT2D eigenvalue weighted by Crippen LogP contribution is -2.35. The zero-order chi connectivity index (χ0) is 11.5. The molecule has 0 bridgehead atoms. The number of anilines is 1. The molecule has 0 aromatic heterocycles. The van der Waals surface area contributed by atoms with E-state index in [1.54, 1.807) is 0 Å². The molecule has 1 fully saturated rings. The Hall–Kier alpha value is -1.06. The number of benzene rings is 1. The van der Waals surface area contributed by atoms with Crippen molar-refractivity contribution >= 4 is 23.2 Å². The summed E-state index contributed by atoms with van der Waals surface area (Å²) in [6.45, 7) is 4.07. The van der Waals surface area contributed by atoms with E-state index in [1.165, 1.54) is 0 Å². The van der Waals surface area contributed by atoms with Gasteiger partial charge in [0.15, 0.2) is 0 Å². The maximum atomic E-state index is 11.9. The number of hydrogen-bond donors (Lipinski definition) is 1. The fraction of sp³-hybridized carbons (Fsp3) is 0.417. The van der Waals surface area contributed by atoms with Gasteiger partial charge in [-0.05, 0) is 43.7 Å². The zero-order valence-corrected chi connectivity index (χ0v) is 10.0. The molecule has 0 atom stereocenters. The second-order valence-electron chi connectivity index (χ2n) is 4.01. The first-order valence-electron chi connectivity index (χ1n) is 5.46. The molecule has 1 saturated heterocycles. The van der Waals surface area contributed by atoms with E-state index < -0.39 is 0 Å². The van der Waals surface area contributed by atoms with Crippen LogP contribution in [-0.2, 0) is 4.79 Å². The second kappa shape index (κ2) is 4.85. The van der Waals surface area contributed by atoms with Crippen molar-refractivity contribution in [3.05, 3.63) is 28.8 Å². The molecule has 0 radical (unpaired) electrons. The van der Waals surface area contributed by atoms with Crippen LogP contribution in [0.2, 0.25) is 5.02 Å². The SMILES string of the molecule is Cc1cc(Cl)ccc1N1CCCNCC1=O. The quantitative estimate of drug-likeness (QED) is 0.812. The molecule has 1 aromatic rings. The fourth-order valence-corrected chi connectivity index (χ4v) is 2.18. The number of carbonyl (C=O) groups is 1. The van der Waals surface area contributed by atoms with Crippen molar-refractivity contribution in [2.24, 2.45) is 0 Å². The lowest BCUT2D eigenvalue weighted by Gasteiger charge is -2.22. The van der Waals surface area contributed by atoms with Gasteiger partial charge < -0.3 is 10.2 Å². The topological polar surface area (TPSA) is 32.3 Å². The number of hydrogen-bond acceptors (Lipinski definition) is 2. The predicted octanol–water partition coefficient (Wildman–Crippen LogP) is 1.97. The minimum absolute atomic E-state index is 0.128. The summed E-state index contributed by atoms with van der Waals surface area (Å²) in [6, 6.07) is 5.64. The number of nitrogens with one attached hydrogen (secondary N) is 1. The van der Waals surface area contributed by atoms with E-state index in [2.05, 4.69) is 5.32 Å². The van der Waals surface area contributed by atoms with Crippen molar-refractivity contribution in [1.29, 1.82) is 0 Å². The van der Waals surface area contributed by atoms with Crippen LogP contribution in [0.5, 0.6) is 0 Å². The fourth-order valence-electron chi connectivity index (χ4n) is 1.95. The molecule has 3 nitrogen and oxygen atoms in total. The number of halogens is 1. The molecule has 1 heterocycles. The van der Waals surface area contributed by atoms with Crippen molar-refractivity contribution in [3.8, 4) is 0 Å². The third-order valence-electron chi connectivity index (χ3n) is 2.76. The van der Waals surface area contributed by atoms with Gasteiger partial charge in [-0.1, -0.05) is 11.6 Å². The largest absolute Gasteiger partial charge is 0.311 e. The Morgan fingerprint density at radius 2 is 2.25 bits per heavy atom. The van der Waals surface area contributed by atoms with Crippen molar-refractivity contribution in [2.45, 2.75) is 13.3 Å². The van der Waals surface area contributed by atoms with Gasteiger partial charge in [-0.15, -0.1) is 0 Å². The van der Waals surface area contributed by atoms with E-state index >= 15 is 0 Å². The minimum atomic E-state index is 0.128. The second-order valence-corrected chi connectivity index (χ2v) is 4.44. The van der Waals surface area contributed by atoms with Crippen LogP contribution >= 0.6 is 11.6 Å². The summed E-state index contributed by atoms with van der Waals surface area (Å²) >= 11 is 5.91. The smallest absolute Gasteiger partial charge is 0.240 e. The molecule has 16 heavy (non-hydrogen) atoms. The number of amides is 1. The van der Waals surface area contributed by atoms with Gasteiger partial charge in [-0.25, -0.2) is 0 Å². The summed E-state index contributed by atoms with van der Waals surface area (Å²) in [7, 11) is 0. The van der Waals surface area contributed by atoms with Crippen LogP contribution in [0.15, 0.2) is 18.2 Å². The Morgan fingerprint density at radius 1 is 1.44 bits per heavy atom. The third-order valence-corrected chi connectivity index (χ3v) is 3.00. The Kier molecular flexibility index (Phi) is 3.46. The molecule has 0 aliphatic carbocycles. The Balaban J connectivity index is 2.30. The Bertz CT molecular complexity index is 406. The van der Waals surface area contributed by atoms with E-state index in [0.29, 0.717) is 11.6 Å². The van der Waals surface area contributed by atoms with Crippen molar-refractivity contribution in [3.63, 3.8) is 0 Å². The van der Waals surface area contributed by atoms with Crippen LogP contribution in [0.1, 0.15) is 12.0 Å². The van der Waals surface area contributed by atoms with E-state index in [-0.39, 0.29) is 5.91 Å². The first-order valence-corrected chi connectivity index (χ1v) is 5.83. The van der Waals surface area contributed by atoms with Crippen LogP contribution in [-0.4, -0.2) is 25.5 Å². The van der Waals surface area contributed by atoms with Crippen LogP contribution in [0.25, 0.3) is 0 Å². The molecule has 1 amide bonds. The molecule has 86 valence electrons. The number of carbonyl (C=O) groups excluding carboxylic acids is 1. The molecule has 1 N–H and O–H groups in total. The molecule has 0 spiro atoms. The molecule has 0 unspecified atom stereocenters. The first-order chi connectivity index (χ1) is 7.68. The van der Waals surface area contributed by atoms with E-state index in [4.69, 9.17) is 11.6 Å². The number of nitrogens with zero attached hydrogens (tertiary/aromatic N) is 1. The van der Waals surface area contributed by atoms with Gasteiger partial charge in [-0.3, -0.25) is 4.79 Å². The predicted molar refractivity (Wildman–Crippen MR) is 66.0 cm³/mol. The van der Waals surface area contributed by atoms with Gasteiger partial charge in [0.05, 0.1) is 6.54 Å². The highest BCUT2D eigenvalue weighted by molar-refractivity contribution is 6.30. The van der Waals surface area contributed by atoms with Gasteiger partial charge in [0, 0.05) is 17.3 Å². The van der Waals surface area contributed by atoms with Gasteiger partial charge >= 0.3 is 0 Å². The standard InChI is InChI=1S/C12H15ClN2O/c1-9-7-10(13)3-4-11(9)15-6-2-5-14-8-12(15)16/h3-4,7,14H,2,5-6,8H2,1H3. The molecule has 1 aromatic carbocycles. The van der Waals surface area contributed by atoms with Crippen LogP contribution in [0, 0.1) is 6.92 Å². The number of aryl methyl sites for hydroxylation is 1. The number of rotatable bonds is 1. The van der Waals surface area contributed by atoms with Crippen LogP contribution in [0.4, 0.5) is 5.69 Å². The molecule has 4 heteroatoms. The molecule has 2 rings (SSSR count).